The second kappa shape index (κ2) is 7.41. The maximum absolute atomic E-state index is 13.5. The minimum atomic E-state index is -0.985. The lowest BCUT2D eigenvalue weighted by atomic mass is 10.0. The van der Waals surface area contributed by atoms with E-state index < -0.39 is 28.3 Å². The molecule has 0 aliphatic rings. The molecule has 8 heteroatoms. The van der Waals surface area contributed by atoms with Gasteiger partial charge in [-0.05, 0) is 6.42 Å². The van der Waals surface area contributed by atoms with Gasteiger partial charge in [-0.15, -0.1) is 0 Å². The molecule has 0 radical (unpaired) electrons. The fourth-order valence-corrected chi connectivity index (χ4v) is 1.89. The molecule has 0 aromatic heterocycles. The Morgan fingerprint density at radius 3 is 2.71 bits per heavy atom. The Kier molecular flexibility index (Phi) is 5.89. The van der Waals surface area contributed by atoms with E-state index >= 15 is 0 Å². The zero-order valence-electron chi connectivity index (χ0n) is 11.8. The minimum absolute atomic E-state index is 0.0127. The number of carbonyl (C=O) groups is 1. The lowest BCUT2D eigenvalue weighted by Crippen LogP contribution is -2.23. The van der Waals surface area contributed by atoms with Crippen molar-refractivity contribution >= 4 is 17.3 Å². The molecule has 7 nitrogen and oxygen atoms in total. The van der Waals surface area contributed by atoms with Crippen LogP contribution in [0.2, 0.25) is 0 Å². The summed E-state index contributed by atoms with van der Waals surface area (Å²) in [4.78, 5) is 21.2. The average Bonchev–Trinajstić information content (AvgIpc) is 2.43. The summed E-state index contributed by atoms with van der Waals surface area (Å²) in [6.07, 6.45) is 1.11. The third-order valence-electron chi connectivity index (χ3n) is 2.99. The summed E-state index contributed by atoms with van der Waals surface area (Å²) >= 11 is 0. The number of ether oxygens (including phenoxy) is 1. The number of benzene rings is 1. The van der Waals surface area contributed by atoms with Crippen LogP contribution in [0.4, 0.5) is 15.8 Å². The van der Waals surface area contributed by atoms with Gasteiger partial charge in [-0.3, -0.25) is 14.9 Å². The van der Waals surface area contributed by atoms with E-state index in [-0.39, 0.29) is 18.0 Å². The van der Waals surface area contributed by atoms with E-state index in [0.29, 0.717) is 12.8 Å². The van der Waals surface area contributed by atoms with Crippen molar-refractivity contribution in [2.45, 2.75) is 19.8 Å². The fourth-order valence-electron chi connectivity index (χ4n) is 1.89. The summed E-state index contributed by atoms with van der Waals surface area (Å²) in [5.74, 6) is -2.66. The molecule has 0 saturated carbocycles. The molecule has 0 fully saturated rings. The number of nitrogens with zero attached hydrogens (tertiary/aromatic N) is 1. The normalized spacial score (nSPS) is 11.8. The van der Waals surface area contributed by atoms with Crippen molar-refractivity contribution in [2.24, 2.45) is 5.92 Å². The number of hydrogen-bond donors (Lipinski definition) is 2. The van der Waals surface area contributed by atoms with E-state index in [1.807, 2.05) is 6.92 Å². The topological polar surface area (TPSA) is 102 Å². The molecule has 1 atom stereocenters. The first-order valence-electron chi connectivity index (χ1n) is 6.39. The van der Waals surface area contributed by atoms with Crippen LogP contribution in [-0.4, -0.2) is 29.7 Å². The molecule has 0 amide bonds. The van der Waals surface area contributed by atoms with E-state index in [1.54, 1.807) is 0 Å². The second-order valence-corrected chi connectivity index (χ2v) is 4.47. The number of hydrogen-bond acceptors (Lipinski definition) is 5. The second-order valence-electron chi connectivity index (χ2n) is 4.47. The third kappa shape index (κ3) is 4.30. The zero-order chi connectivity index (χ0) is 16.0. The van der Waals surface area contributed by atoms with Crippen LogP contribution in [0, 0.1) is 21.8 Å². The largest absolute Gasteiger partial charge is 0.494 e. The Labute approximate surface area is 120 Å². The lowest BCUT2D eigenvalue weighted by molar-refractivity contribution is -0.384. The summed E-state index contributed by atoms with van der Waals surface area (Å²) in [6.45, 7) is 1.86. The summed E-state index contributed by atoms with van der Waals surface area (Å²) in [6, 6.07) is 1.90. The third-order valence-corrected chi connectivity index (χ3v) is 2.99. The molecule has 1 unspecified atom stereocenters. The predicted octanol–water partition coefficient (Wildman–Crippen LogP) is 2.66. The molecule has 0 spiro atoms. The van der Waals surface area contributed by atoms with Crippen molar-refractivity contribution in [3.05, 3.63) is 28.1 Å². The maximum Gasteiger partial charge on any atom is 0.308 e. The van der Waals surface area contributed by atoms with Crippen molar-refractivity contribution in [3.63, 3.8) is 0 Å². The van der Waals surface area contributed by atoms with Gasteiger partial charge < -0.3 is 15.2 Å². The molecule has 21 heavy (non-hydrogen) atoms. The highest BCUT2D eigenvalue weighted by Crippen LogP contribution is 2.32. The molecule has 0 heterocycles. The number of carboxylic acids is 1. The first kappa shape index (κ1) is 16.7. The van der Waals surface area contributed by atoms with Crippen LogP contribution < -0.4 is 10.1 Å². The van der Waals surface area contributed by atoms with Crippen LogP contribution in [0.15, 0.2) is 12.1 Å². The van der Waals surface area contributed by atoms with E-state index in [4.69, 9.17) is 9.84 Å². The first-order valence-corrected chi connectivity index (χ1v) is 6.39. The van der Waals surface area contributed by atoms with Gasteiger partial charge in [0.05, 0.1) is 24.0 Å². The minimum Gasteiger partial charge on any atom is -0.494 e. The van der Waals surface area contributed by atoms with Gasteiger partial charge in [0.2, 0.25) is 0 Å². The highest BCUT2D eigenvalue weighted by atomic mass is 19.1. The van der Waals surface area contributed by atoms with Crippen molar-refractivity contribution in [1.29, 1.82) is 0 Å². The van der Waals surface area contributed by atoms with Crippen LogP contribution in [0.3, 0.4) is 0 Å². The summed E-state index contributed by atoms with van der Waals surface area (Å²) < 4.78 is 18.3. The number of carboxylic acid groups (broad SMARTS) is 1. The van der Waals surface area contributed by atoms with Crippen molar-refractivity contribution in [2.75, 3.05) is 19.0 Å². The monoisotopic (exact) mass is 300 g/mol. The Hall–Kier alpha value is -2.38. The van der Waals surface area contributed by atoms with Crippen molar-refractivity contribution in [3.8, 4) is 5.75 Å². The van der Waals surface area contributed by atoms with E-state index in [9.17, 15) is 19.3 Å². The molecule has 0 aliphatic heterocycles. The van der Waals surface area contributed by atoms with Gasteiger partial charge in [0.15, 0.2) is 11.6 Å². The molecule has 2 N–H and O–H groups in total. The Morgan fingerprint density at radius 2 is 2.24 bits per heavy atom. The quantitative estimate of drug-likeness (QED) is 0.565. The Bertz CT molecular complexity index is 536. The SMILES string of the molecule is CCCC(CNc1cc(OC)c(F)cc1[N+](=O)[O-])C(=O)O. The van der Waals surface area contributed by atoms with E-state index in [1.165, 1.54) is 7.11 Å². The molecule has 0 bridgehead atoms. The van der Waals surface area contributed by atoms with Crippen molar-refractivity contribution < 1.29 is 24.0 Å². The zero-order valence-corrected chi connectivity index (χ0v) is 11.8. The number of nitro benzene ring substituents is 1. The van der Waals surface area contributed by atoms with Gasteiger partial charge in [0.25, 0.3) is 5.69 Å². The molecule has 0 aliphatic carbocycles. The van der Waals surface area contributed by atoms with Gasteiger partial charge in [-0.1, -0.05) is 13.3 Å². The molecule has 116 valence electrons. The summed E-state index contributed by atoms with van der Waals surface area (Å²) in [5.41, 5.74) is -0.436. The van der Waals surface area contributed by atoms with E-state index in [2.05, 4.69) is 5.32 Å². The number of nitrogens with one attached hydrogen (secondary N) is 1. The van der Waals surface area contributed by atoms with Crippen LogP contribution in [0.25, 0.3) is 0 Å². The number of anilines is 1. The number of nitro groups is 1. The number of methoxy groups -OCH3 is 1. The average molecular weight is 300 g/mol. The number of aliphatic carboxylic acids is 1. The molecule has 1 rings (SSSR count). The molecule has 1 aromatic carbocycles. The number of halogens is 1. The van der Waals surface area contributed by atoms with E-state index in [0.717, 1.165) is 12.1 Å². The van der Waals surface area contributed by atoms with Crippen LogP contribution in [-0.2, 0) is 4.79 Å². The Morgan fingerprint density at radius 1 is 1.57 bits per heavy atom. The van der Waals surface area contributed by atoms with Crippen molar-refractivity contribution in [1.82, 2.24) is 0 Å². The molecular weight excluding hydrogens is 283 g/mol. The summed E-state index contributed by atoms with van der Waals surface area (Å²) in [7, 11) is 1.24. The van der Waals surface area contributed by atoms with Gasteiger partial charge in [0.1, 0.15) is 5.69 Å². The predicted molar refractivity (Wildman–Crippen MR) is 74.1 cm³/mol. The lowest BCUT2D eigenvalue weighted by Gasteiger charge is -2.14. The van der Waals surface area contributed by atoms with Gasteiger partial charge in [-0.2, -0.15) is 0 Å². The van der Waals surface area contributed by atoms with Crippen LogP contribution >= 0.6 is 0 Å². The molecule has 0 saturated heterocycles. The fraction of sp³-hybridized carbons (Fsp3) is 0.462. The van der Waals surface area contributed by atoms with Gasteiger partial charge in [-0.25, -0.2) is 4.39 Å². The Balaban J connectivity index is 3.00. The molecular formula is C13H17FN2O5. The summed E-state index contributed by atoms with van der Waals surface area (Å²) in [5, 5.41) is 22.7. The van der Waals surface area contributed by atoms with Crippen LogP contribution in [0.5, 0.6) is 5.75 Å². The highest BCUT2D eigenvalue weighted by molar-refractivity contribution is 5.71. The standard InChI is InChI=1S/C13H17FN2O5/c1-3-4-8(13(17)18)7-15-10-6-12(21-2)9(14)5-11(10)16(19)20/h5-6,8,15H,3-4,7H2,1-2H3,(H,17,18). The highest BCUT2D eigenvalue weighted by Gasteiger charge is 2.22. The van der Waals surface area contributed by atoms with Gasteiger partial charge >= 0.3 is 5.97 Å². The first-order chi connectivity index (χ1) is 9.90. The van der Waals surface area contributed by atoms with Gasteiger partial charge in [0, 0.05) is 12.6 Å². The van der Waals surface area contributed by atoms with Crippen LogP contribution in [0.1, 0.15) is 19.8 Å². The number of rotatable bonds is 8. The smallest absolute Gasteiger partial charge is 0.308 e. The maximum atomic E-state index is 13.5. The molecule has 1 aromatic rings.